The van der Waals surface area contributed by atoms with E-state index in [0.717, 1.165) is 6.54 Å². The van der Waals surface area contributed by atoms with Crippen LogP contribution in [0.25, 0.3) is 0 Å². The fourth-order valence-electron chi connectivity index (χ4n) is 1.96. The molecule has 0 aromatic carbocycles. The summed E-state index contributed by atoms with van der Waals surface area (Å²) in [5.74, 6) is -0.242. The van der Waals surface area contributed by atoms with E-state index in [9.17, 15) is 13.2 Å². The Morgan fingerprint density at radius 3 is 2.80 bits per heavy atom. The van der Waals surface area contributed by atoms with Gasteiger partial charge in [-0.25, -0.2) is 13.1 Å². The minimum atomic E-state index is -3.65. The molecule has 2 heterocycles. The monoisotopic (exact) mass is 323 g/mol. The smallest absolute Gasteiger partial charge is 0.289 e. The lowest BCUT2D eigenvalue weighted by molar-refractivity contribution is 0.0617. The number of sulfonamides is 1. The van der Waals surface area contributed by atoms with E-state index in [4.69, 9.17) is 4.42 Å². The number of nitrogens with one attached hydrogen (secondary N) is 2. The van der Waals surface area contributed by atoms with Crippen molar-refractivity contribution < 1.29 is 17.6 Å². The number of rotatable bonds is 3. The lowest BCUT2D eigenvalue weighted by Crippen LogP contribution is -2.52. The summed E-state index contributed by atoms with van der Waals surface area (Å²) in [7, 11) is -2.37. The van der Waals surface area contributed by atoms with E-state index in [2.05, 4.69) is 10.0 Å². The standard InChI is InChI=1S/C11H17N3O4S.ClH/c1-8-7-13-5-6-14(8)11(15)9-3-4-10(18-9)19(16,17)12-2;/h3-4,8,12-13H,5-7H2,1-2H3;1H. The van der Waals surface area contributed by atoms with Crippen molar-refractivity contribution in [2.75, 3.05) is 26.7 Å². The molecule has 0 spiro atoms. The number of carbonyl (C=O) groups is 1. The van der Waals surface area contributed by atoms with E-state index in [-0.39, 0.29) is 35.2 Å². The van der Waals surface area contributed by atoms with Crippen molar-refractivity contribution in [3.05, 3.63) is 17.9 Å². The molecule has 1 unspecified atom stereocenters. The minimum absolute atomic E-state index is 0. The van der Waals surface area contributed by atoms with Crippen LogP contribution in [0.3, 0.4) is 0 Å². The number of amides is 1. The molecule has 1 aliphatic heterocycles. The summed E-state index contributed by atoms with van der Waals surface area (Å²) >= 11 is 0. The highest BCUT2D eigenvalue weighted by Crippen LogP contribution is 2.17. The Hall–Kier alpha value is -1.09. The van der Waals surface area contributed by atoms with Crippen LogP contribution in [0.1, 0.15) is 17.5 Å². The Bertz CT molecular complexity index is 572. The number of halogens is 1. The number of piperazine rings is 1. The summed E-state index contributed by atoms with van der Waals surface area (Å²) in [6.07, 6.45) is 0. The summed E-state index contributed by atoms with van der Waals surface area (Å²) in [6, 6.07) is 2.73. The van der Waals surface area contributed by atoms with E-state index in [1.54, 1.807) is 4.90 Å². The minimum Gasteiger partial charge on any atom is -0.438 e. The summed E-state index contributed by atoms with van der Waals surface area (Å²) in [4.78, 5) is 13.9. The Morgan fingerprint density at radius 2 is 2.20 bits per heavy atom. The zero-order valence-electron chi connectivity index (χ0n) is 11.3. The zero-order valence-corrected chi connectivity index (χ0v) is 12.9. The highest BCUT2D eigenvalue weighted by molar-refractivity contribution is 7.89. The van der Waals surface area contributed by atoms with Gasteiger partial charge >= 0.3 is 0 Å². The predicted molar refractivity (Wildman–Crippen MR) is 75.6 cm³/mol. The van der Waals surface area contributed by atoms with Gasteiger partial charge in [-0.1, -0.05) is 0 Å². The largest absolute Gasteiger partial charge is 0.438 e. The number of hydrogen-bond acceptors (Lipinski definition) is 5. The molecule has 0 saturated carbocycles. The van der Waals surface area contributed by atoms with Crippen molar-refractivity contribution in [3.63, 3.8) is 0 Å². The molecular weight excluding hydrogens is 306 g/mol. The molecule has 9 heteroatoms. The van der Waals surface area contributed by atoms with Crippen LogP contribution in [0.15, 0.2) is 21.6 Å². The highest BCUT2D eigenvalue weighted by Gasteiger charge is 2.27. The van der Waals surface area contributed by atoms with Gasteiger partial charge in [0.25, 0.3) is 15.9 Å². The summed E-state index contributed by atoms with van der Waals surface area (Å²) in [5.41, 5.74) is 0. The maximum Gasteiger partial charge on any atom is 0.289 e. The number of carbonyl (C=O) groups excluding carboxylic acids is 1. The molecule has 114 valence electrons. The van der Waals surface area contributed by atoms with E-state index < -0.39 is 10.0 Å². The lowest BCUT2D eigenvalue weighted by Gasteiger charge is -2.33. The van der Waals surface area contributed by atoms with Gasteiger partial charge in [0.1, 0.15) is 0 Å². The first-order chi connectivity index (χ1) is 8.95. The molecule has 1 atom stereocenters. The SMILES string of the molecule is CNS(=O)(=O)c1ccc(C(=O)N2CCNCC2C)o1.Cl. The third-order valence-corrected chi connectivity index (χ3v) is 4.37. The average molecular weight is 324 g/mol. The average Bonchev–Trinajstić information content (AvgIpc) is 2.89. The molecule has 1 aromatic heterocycles. The molecule has 1 saturated heterocycles. The van der Waals surface area contributed by atoms with Gasteiger partial charge < -0.3 is 14.6 Å². The third-order valence-electron chi connectivity index (χ3n) is 3.09. The summed E-state index contributed by atoms with van der Waals surface area (Å²) < 4.78 is 30.4. The van der Waals surface area contributed by atoms with Gasteiger partial charge in [0, 0.05) is 25.7 Å². The third kappa shape index (κ3) is 3.32. The molecule has 0 bridgehead atoms. The fraction of sp³-hybridized carbons (Fsp3) is 0.545. The maximum atomic E-state index is 12.2. The van der Waals surface area contributed by atoms with Gasteiger partial charge in [0.05, 0.1) is 0 Å². The van der Waals surface area contributed by atoms with E-state index in [1.807, 2.05) is 6.92 Å². The van der Waals surface area contributed by atoms with Crippen molar-refractivity contribution in [1.29, 1.82) is 0 Å². The Morgan fingerprint density at radius 1 is 1.50 bits per heavy atom. The van der Waals surface area contributed by atoms with Crippen molar-refractivity contribution in [1.82, 2.24) is 14.9 Å². The van der Waals surface area contributed by atoms with Gasteiger partial charge in [-0.3, -0.25) is 4.79 Å². The van der Waals surface area contributed by atoms with Gasteiger partial charge in [0.2, 0.25) is 5.09 Å². The molecule has 20 heavy (non-hydrogen) atoms. The Labute approximate surface area is 124 Å². The first-order valence-electron chi connectivity index (χ1n) is 6.01. The molecule has 1 amide bonds. The van der Waals surface area contributed by atoms with Crippen molar-refractivity contribution in [2.45, 2.75) is 18.1 Å². The van der Waals surface area contributed by atoms with Crippen LogP contribution >= 0.6 is 12.4 Å². The molecule has 2 N–H and O–H groups in total. The van der Waals surface area contributed by atoms with Gasteiger partial charge in [-0.05, 0) is 26.1 Å². The van der Waals surface area contributed by atoms with Gasteiger partial charge in [-0.15, -0.1) is 12.4 Å². The van der Waals surface area contributed by atoms with E-state index in [1.165, 1.54) is 19.2 Å². The van der Waals surface area contributed by atoms with Crippen LogP contribution in [0.4, 0.5) is 0 Å². The molecule has 0 aliphatic carbocycles. The number of hydrogen-bond donors (Lipinski definition) is 2. The topological polar surface area (TPSA) is 91.7 Å². The van der Waals surface area contributed by atoms with Crippen molar-refractivity contribution >= 4 is 28.3 Å². The van der Waals surface area contributed by atoms with Crippen LogP contribution in [0, 0.1) is 0 Å². The normalized spacial score (nSPS) is 19.5. The summed E-state index contributed by atoms with van der Waals surface area (Å²) in [5, 5.41) is 2.93. The molecule has 1 aromatic rings. The van der Waals surface area contributed by atoms with Gasteiger partial charge in [0.15, 0.2) is 5.76 Å². The second-order valence-electron chi connectivity index (χ2n) is 4.38. The molecule has 0 radical (unpaired) electrons. The predicted octanol–water partition coefficient (Wildman–Crippen LogP) is 0.0434. The first kappa shape index (κ1) is 17.0. The fourth-order valence-corrected chi connectivity index (χ4v) is 2.61. The Balaban J connectivity index is 0.00000200. The quantitative estimate of drug-likeness (QED) is 0.819. The zero-order chi connectivity index (χ0) is 14.0. The van der Waals surface area contributed by atoms with Crippen LogP contribution < -0.4 is 10.0 Å². The second kappa shape index (κ2) is 6.57. The maximum absolute atomic E-state index is 12.2. The molecule has 1 aliphatic rings. The van der Waals surface area contributed by atoms with E-state index in [0.29, 0.717) is 13.1 Å². The van der Waals surface area contributed by atoms with Crippen molar-refractivity contribution in [2.24, 2.45) is 0 Å². The van der Waals surface area contributed by atoms with Crippen LogP contribution in [0.2, 0.25) is 0 Å². The number of furan rings is 1. The molecular formula is C11H18ClN3O4S. The molecule has 7 nitrogen and oxygen atoms in total. The highest BCUT2D eigenvalue weighted by atomic mass is 35.5. The molecule has 2 rings (SSSR count). The first-order valence-corrected chi connectivity index (χ1v) is 7.49. The van der Waals surface area contributed by atoms with Crippen LogP contribution in [-0.4, -0.2) is 51.9 Å². The molecule has 1 fully saturated rings. The van der Waals surface area contributed by atoms with Crippen LogP contribution in [0.5, 0.6) is 0 Å². The van der Waals surface area contributed by atoms with E-state index >= 15 is 0 Å². The van der Waals surface area contributed by atoms with Gasteiger partial charge in [-0.2, -0.15) is 0 Å². The number of nitrogens with zero attached hydrogens (tertiary/aromatic N) is 1. The van der Waals surface area contributed by atoms with Crippen LogP contribution in [-0.2, 0) is 10.0 Å². The Kier molecular flexibility index (Phi) is 5.58. The summed E-state index contributed by atoms with van der Waals surface area (Å²) in [6.45, 7) is 3.94. The lowest BCUT2D eigenvalue weighted by atomic mass is 10.2. The van der Waals surface area contributed by atoms with Crippen molar-refractivity contribution in [3.8, 4) is 0 Å². The second-order valence-corrected chi connectivity index (χ2v) is 6.20.